The van der Waals surface area contributed by atoms with Crippen LogP contribution in [0, 0.1) is 5.82 Å². The molecule has 23 heavy (non-hydrogen) atoms. The van der Waals surface area contributed by atoms with Crippen LogP contribution in [0.25, 0.3) is 0 Å². The first-order valence-corrected chi connectivity index (χ1v) is 8.11. The lowest BCUT2D eigenvalue weighted by Crippen LogP contribution is -2.32. The summed E-state index contributed by atoms with van der Waals surface area (Å²) in [4.78, 5) is 12.9. The van der Waals surface area contributed by atoms with Crippen LogP contribution in [0.2, 0.25) is 0 Å². The fourth-order valence-corrected chi connectivity index (χ4v) is 3.26. The van der Waals surface area contributed by atoms with Crippen LogP contribution in [-0.2, 0) is 30.7 Å². The number of carbonyl (C=O) groups is 1. The number of rotatable bonds is 5. The Morgan fingerprint density at radius 1 is 1.43 bits per heavy atom. The third-order valence-corrected chi connectivity index (χ3v) is 4.80. The molecular formula is C15H16BrFN4O2. The standard InChI is InChI=1S/C15H16BrFN4O2/c16-15-12-8-20(5-3-10(12)1-2-13(15)17)6-4-11-7-21(19-18-11)9-14(22)23/h1-2,7H,3-6,8-9H2,(H,22,23). The summed E-state index contributed by atoms with van der Waals surface area (Å²) in [6.07, 6.45) is 3.23. The third kappa shape index (κ3) is 3.76. The highest BCUT2D eigenvalue weighted by Gasteiger charge is 2.20. The van der Waals surface area contributed by atoms with Gasteiger partial charge in [-0.25, -0.2) is 9.07 Å². The van der Waals surface area contributed by atoms with Crippen molar-refractivity contribution in [1.82, 2.24) is 19.9 Å². The first-order valence-electron chi connectivity index (χ1n) is 7.32. The molecule has 6 nitrogen and oxygen atoms in total. The van der Waals surface area contributed by atoms with Crippen molar-refractivity contribution in [3.63, 3.8) is 0 Å². The van der Waals surface area contributed by atoms with Gasteiger partial charge in [-0.1, -0.05) is 11.3 Å². The molecule has 0 bridgehead atoms. The van der Waals surface area contributed by atoms with Crippen molar-refractivity contribution in [2.45, 2.75) is 25.9 Å². The summed E-state index contributed by atoms with van der Waals surface area (Å²) in [5.74, 6) is -1.18. The van der Waals surface area contributed by atoms with Gasteiger partial charge < -0.3 is 5.11 Å². The molecule has 0 spiro atoms. The molecule has 1 aliphatic heterocycles. The van der Waals surface area contributed by atoms with Crippen LogP contribution in [0.4, 0.5) is 4.39 Å². The molecule has 1 aromatic heterocycles. The molecule has 3 rings (SSSR count). The summed E-state index contributed by atoms with van der Waals surface area (Å²) >= 11 is 3.33. The molecule has 0 atom stereocenters. The minimum atomic E-state index is -0.944. The number of carboxylic acids is 1. The lowest BCUT2D eigenvalue weighted by molar-refractivity contribution is -0.137. The largest absolute Gasteiger partial charge is 0.480 e. The molecule has 0 saturated carbocycles. The van der Waals surface area contributed by atoms with Crippen molar-refractivity contribution in [1.29, 1.82) is 0 Å². The maximum Gasteiger partial charge on any atom is 0.325 e. The maximum absolute atomic E-state index is 13.7. The zero-order valence-corrected chi connectivity index (χ0v) is 14.0. The molecule has 0 amide bonds. The Hall–Kier alpha value is -1.80. The number of hydrogen-bond donors (Lipinski definition) is 1. The summed E-state index contributed by atoms with van der Waals surface area (Å²) in [6.45, 7) is 2.19. The SMILES string of the molecule is O=C(O)Cn1cc(CCN2CCc3ccc(F)c(Br)c3C2)nn1. The van der Waals surface area contributed by atoms with E-state index in [2.05, 4.69) is 31.1 Å². The Labute approximate surface area is 141 Å². The van der Waals surface area contributed by atoms with E-state index in [0.29, 0.717) is 17.4 Å². The van der Waals surface area contributed by atoms with E-state index in [9.17, 15) is 9.18 Å². The topological polar surface area (TPSA) is 71.2 Å². The Balaban J connectivity index is 1.60. The molecule has 0 fully saturated rings. The fraction of sp³-hybridized carbons (Fsp3) is 0.400. The number of hydrogen-bond acceptors (Lipinski definition) is 4. The van der Waals surface area contributed by atoms with Crippen LogP contribution in [0.1, 0.15) is 16.8 Å². The van der Waals surface area contributed by atoms with Gasteiger partial charge in [0, 0.05) is 32.3 Å². The van der Waals surface area contributed by atoms with Crippen molar-refractivity contribution >= 4 is 21.9 Å². The molecule has 1 N–H and O–H groups in total. The van der Waals surface area contributed by atoms with E-state index in [1.54, 1.807) is 6.20 Å². The Kier molecular flexibility index (Phi) is 4.72. The summed E-state index contributed by atoms with van der Waals surface area (Å²) in [6, 6.07) is 3.35. The van der Waals surface area contributed by atoms with Crippen LogP contribution < -0.4 is 0 Å². The van der Waals surface area contributed by atoms with E-state index < -0.39 is 5.97 Å². The predicted octanol–water partition coefficient (Wildman–Crippen LogP) is 1.87. The lowest BCUT2D eigenvalue weighted by atomic mass is 9.99. The van der Waals surface area contributed by atoms with Gasteiger partial charge in [-0.3, -0.25) is 9.69 Å². The minimum Gasteiger partial charge on any atom is -0.480 e. The maximum atomic E-state index is 13.7. The number of fused-ring (bicyclic) bond motifs is 1. The normalized spacial score (nSPS) is 14.7. The van der Waals surface area contributed by atoms with Crippen LogP contribution in [0.15, 0.2) is 22.8 Å². The van der Waals surface area contributed by atoms with E-state index in [0.717, 1.165) is 30.8 Å². The third-order valence-electron chi connectivity index (χ3n) is 3.94. The number of aliphatic carboxylic acids is 1. The molecule has 0 aliphatic carbocycles. The monoisotopic (exact) mass is 382 g/mol. The van der Waals surface area contributed by atoms with Crippen LogP contribution in [-0.4, -0.2) is 44.1 Å². The van der Waals surface area contributed by atoms with Crippen molar-refractivity contribution in [2.75, 3.05) is 13.1 Å². The van der Waals surface area contributed by atoms with E-state index >= 15 is 0 Å². The predicted molar refractivity (Wildman–Crippen MR) is 84.4 cm³/mol. The molecule has 2 heterocycles. The first-order chi connectivity index (χ1) is 11.0. The fourth-order valence-electron chi connectivity index (χ4n) is 2.75. The molecular weight excluding hydrogens is 367 g/mol. The van der Waals surface area contributed by atoms with Crippen molar-refractivity contribution in [2.24, 2.45) is 0 Å². The number of benzene rings is 1. The average molecular weight is 383 g/mol. The average Bonchev–Trinajstić information content (AvgIpc) is 2.96. The quantitative estimate of drug-likeness (QED) is 0.854. The van der Waals surface area contributed by atoms with Gasteiger partial charge in [0.2, 0.25) is 0 Å². The van der Waals surface area contributed by atoms with Crippen molar-refractivity contribution in [3.8, 4) is 0 Å². The first kappa shape index (κ1) is 16.1. The summed E-state index contributed by atoms with van der Waals surface area (Å²) in [7, 11) is 0. The molecule has 0 radical (unpaired) electrons. The van der Waals surface area contributed by atoms with E-state index in [-0.39, 0.29) is 12.4 Å². The molecule has 122 valence electrons. The highest BCUT2D eigenvalue weighted by Crippen LogP contribution is 2.29. The zero-order valence-electron chi connectivity index (χ0n) is 12.4. The van der Waals surface area contributed by atoms with Crippen LogP contribution >= 0.6 is 15.9 Å². The van der Waals surface area contributed by atoms with E-state index in [1.807, 2.05) is 6.07 Å². The van der Waals surface area contributed by atoms with Gasteiger partial charge in [-0.15, -0.1) is 5.10 Å². The molecule has 0 saturated heterocycles. The number of nitrogens with zero attached hydrogens (tertiary/aromatic N) is 4. The summed E-state index contributed by atoms with van der Waals surface area (Å²) < 4.78 is 15.5. The van der Waals surface area contributed by atoms with Gasteiger partial charge in [-0.05, 0) is 39.5 Å². The van der Waals surface area contributed by atoms with Gasteiger partial charge >= 0.3 is 5.97 Å². The Morgan fingerprint density at radius 2 is 2.26 bits per heavy atom. The molecule has 2 aromatic rings. The second kappa shape index (κ2) is 6.76. The smallest absolute Gasteiger partial charge is 0.325 e. The second-order valence-electron chi connectivity index (χ2n) is 5.58. The van der Waals surface area contributed by atoms with Gasteiger partial charge in [0.15, 0.2) is 0 Å². The minimum absolute atomic E-state index is 0.184. The highest BCUT2D eigenvalue weighted by atomic mass is 79.9. The summed E-state index contributed by atoms with van der Waals surface area (Å²) in [5, 5.41) is 16.5. The van der Waals surface area contributed by atoms with Crippen molar-refractivity contribution in [3.05, 3.63) is 45.4 Å². The van der Waals surface area contributed by atoms with Gasteiger partial charge in [0.05, 0.1) is 10.2 Å². The molecule has 1 aliphatic rings. The molecule has 0 unspecified atom stereocenters. The lowest BCUT2D eigenvalue weighted by Gasteiger charge is -2.29. The van der Waals surface area contributed by atoms with Crippen LogP contribution in [0.3, 0.4) is 0 Å². The van der Waals surface area contributed by atoms with E-state index in [1.165, 1.54) is 16.3 Å². The molecule has 1 aromatic carbocycles. The van der Waals surface area contributed by atoms with Gasteiger partial charge in [0.1, 0.15) is 12.4 Å². The van der Waals surface area contributed by atoms with Crippen LogP contribution in [0.5, 0.6) is 0 Å². The zero-order chi connectivity index (χ0) is 16.4. The Bertz CT molecular complexity index is 734. The van der Waals surface area contributed by atoms with Gasteiger partial charge in [-0.2, -0.15) is 0 Å². The molecule has 8 heteroatoms. The highest BCUT2D eigenvalue weighted by molar-refractivity contribution is 9.10. The second-order valence-corrected chi connectivity index (χ2v) is 6.37. The summed E-state index contributed by atoms with van der Waals surface area (Å²) in [5.41, 5.74) is 2.95. The number of carboxylic acid groups (broad SMARTS) is 1. The van der Waals surface area contributed by atoms with Crippen molar-refractivity contribution < 1.29 is 14.3 Å². The number of aromatic nitrogens is 3. The Morgan fingerprint density at radius 3 is 3.04 bits per heavy atom. The number of halogens is 2. The van der Waals surface area contributed by atoms with Gasteiger partial charge in [0.25, 0.3) is 0 Å². The van der Waals surface area contributed by atoms with E-state index in [4.69, 9.17) is 5.11 Å².